The molecule has 1 aromatic carbocycles. The van der Waals surface area contributed by atoms with Crippen LogP contribution in [0.1, 0.15) is 47.7 Å². The molecule has 3 aromatic rings. The van der Waals surface area contributed by atoms with Gasteiger partial charge in [0.1, 0.15) is 5.82 Å². The van der Waals surface area contributed by atoms with Crippen molar-refractivity contribution in [3.05, 3.63) is 41.3 Å². The number of carboxylic acid groups (broad SMARTS) is 1. The fourth-order valence-electron chi connectivity index (χ4n) is 4.02. The van der Waals surface area contributed by atoms with Gasteiger partial charge in [-0.2, -0.15) is 4.98 Å². The number of likely N-dealkylation sites (tertiary alicyclic amines) is 1. The predicted molar refractivity (Wildman–Crippen MR) is 103 cm³/mol. The van der Waals surface area contributed by atoms with Crippen LogP contribution in [0.3, 0.4) is 0 Å². The quantitative estimate of drug-likeness (QED) is 0.699. The van der Waals surface area contributed by atoms with Crippen molar-refractivity contribution >= 4 is 17.0 Å². The summed E-state index contributed by atoms with van der Waals surface area (Å²) in [5.74, 6) is 2.08. The Balaban J connectivity index is 1.43. The van der Waals surface area contributed by atoms with E-state index in [9.17, 15) is 9.90 Å². The molecule has 1 fully saturated rings. The third-order valence-corrected chi connectivity index (χ3v) is 5.50. The molecule has 1 saturated heterocycles. The molecule has 0 saturated carbocycles. The van der Waals surface area contributed by atoms with Gasteiger partial charge in [-0.15, -0.1) is 0 Å². The normalized spacial score (nSPS) is 16.1. The monoisotopic (exact) mass is 383 g/mol. The van der Waals surface area contributed by atoms with Gasteiger partial charge in [0.25, 0.3) is 0 Å². The second kappa shape index (κ2) is 7.71. The highest BCUT2D eigenvalue weighted by Crippen LogP contribution is 2.24. The molecule has 8 nitrogen and oxygen atoms in total. The summed E-state index contributed by atoms with van der Waals surface area (Å²) < 4.78 is 7.24. The molecule has 0 radical (unpaired) electrons. The fourth-order valence-corrected chi connectivity index (χ4v) is 4.02. The number of carbonyl (C=O) groups is 1. The van der Waals surface area contributed by atoms with E-state index < -0.39 is 5.97 Å². The Hall–Kier alpha value is -2.74. The van der Waals surface area contributed by atoms with Crippen LogP contribution in [0.4, 0.5) is 0 Å². The molecule has 3 heterocycles. The van der Waals surface area contributed by atoms with Crippen LogP contribution in [-0.2, 0) is 19.5 Å². The second-order valence-corrected chi connectivity index (χ2v) is 7.43. The number of carboxylic acids is 1. The fraction of sp³-hybridized carbons (Fsp3) is 0.500. The van der Waals surface area contributed by atoms with Gasteiger partial charge >= 0.3 is 5.97 Å². The number of rotatable bonds is 6. The minimum absolute atomic E-state index is 0.275. The average Bonchev–Trinajstić information content (AvgIpc) is 3.24. The van der Waals surface area contributed by atoms with Crippen LogP contribution in [0.5, 0.6) is 0 Å². The SMILES string of the molecule is CCn1c(CN2CCC(Cc3noc(C)n3)CC2)nc2cc(C(=O)O)ccc21. The summed E-state index contributed by atoms with van der Waals surface area (Å²) in [7, 11) is 0. The van der Waals surface area contributed by atoms with Gasteiger partial charge in [-0.25, -0.2) is 9.78 Å². The van der Waals surface area contributed by atoms with E-state index in [0.717, 1.165) is 68.1 Å². The summed E-state index contributed by atoms with van der Waals surface area (Å²) in [6.45, 7) is 7.52. The molecular formula is C20H25N5O3. The minimum Gasteiger partial charge on any atom is -0.478 e. The summed E-state index contributed by atoms with van der Waals surface area (Å²) in [6.07, 6.45) is 3.07. The molecule has 0 unspecified atom stereocenters. The molecule has 0 spiro atoms. The molecule has 28 heavy (non-hydrogen) atoms. The van der Waals surface area contributed by atoms with Gasteiger partial charge in [0.2, 0.25) is 5.89 Å². The lowest BCUT2D eigenvalue weighted by molar-refractivity contribution is 0.0697. The molecule has 4 rings (SSSR count). The Morgan fingerprint density at radius 1 is 1.29 bits per heavy atom. The van der Waals surface area contributed by atoms with Gasteiger partial charge in [0.05, 0.1) is 23.1 Å². The van der Waals surface area contributed by atoms with Gasteiger partial charge in [-0.1, -0.05) is 5.16 Å². The number of aromatic nitrogens is 4. The Morgan fingerprint density at radius 3 is 2.71 bits per heavy atom. The number of aryl methyl sites for hydroxylation is 2. The van der Waals surface area contributed by atoms with Crippen molar-refractivity contribution in [1.82, 2.24) is 24.6 Å². The molecule has 1 N–H and O–H groups in total. The number of piperidine rings is 1. The van der Waals surface area contributed by atoms with Crippen molar-refractivity contribution < 1.29 is 14.4 Å². The van der Waals surface area contributed by atoms with Gasteiger partial charge in [-0.3, -0.25) is 4.90 Å². The first-order chi connectivity index (χ1) is 13.5. The van der Waals surface area contributed by atoms with Gasteiger partial charge < -0.3 is 14.2 Å². The zero-order valence-electron chi connectivity index (χ0n) is 16.3. The first kappa shape index (κ1) is 18.6. The maximum absolute atomic E-state index is 11.2. The largest absolute Gasteiger partial charge is 0.478 e. The van der Waals surface area contributed by atoms with E-state index in [-0.39, 0.29) is 5.56 Å². The average molecular weight is 383 g/mol. The standard InChI is InChI=1S/C20H25N5O3/c1-3-25-17-5-4-15(20(26)27)11-16(17)22-19(25)12-24-8-6-14(7-9-24)10-18-21-13(2)28-23-18/h4-5,11,14H,3,6-10,12H2,1-2H3,(H,26,27). The van der Waals surface area contributed by atoms with E-state index in [1.54, 1.807) is 12.1 Å². The van der Waals surface area contributed by atoms with Crippen molar-refractivity contribution in [2.45, 2.75) is 46.2 Å². The molecule has 0 bridgehead atoms. The number of aromatic carboxylic acids is 1. The zero-order chi connectivity index (χ0) is 19.7. The first-order valence-electron chi connectivity index (χ1n) is 9.77. The Kier molecular flexibility index (Phi) is 5.13. The maximum Gasteiger partial charge on any atom is 0.335 e. The molecule has 8 heteroatoms. The van der Waals surface area contributed by atoms with Crippen molar-refractivity contribution in [3.8, 4) is 0 Å². The van der Waals surface area contributed by atoms with Crippen LogP contribution in [0, 0.1) is 12.8 Å². The predicted octanol–water partition coefficient (Wildman–Crippen LogP) is 2.90. The highest BCUT2D eigenvalue weighted by Gasteiger charge is 2.23. The van der Waals surface area contributed by atoms with E-state index in [4.69, 9.17) is 9.51 Å². The lowest BCUT2D eigenvalue weighted by Gasteiger charge is -2.31. The number of benzene rings is 1. The molecule has 1 aliphatic rings. The van der Waals surface area contributed by atoms with Crippen LogP contribution in [-0.4, -0.2) is 48.8 Å². The van der Waals surface area contributed by atoms with Gasteiger partial charge in [0.15, 0.2) is 5.82 Å². The number of nitrogens with zero attached hydrogens (tertiary/aromatic N) is 5. The molecule has 0 amide bonds. The molecule has 1 aliphatic heterocycles. The first-order valence-corrected chi connectivity index (χ1v) is 9.77. The number of hydrogen-bond acceptors (Lipinski definition) is 6. The van der Waals surface area contributed by atoms with Crippen LogP contribution >= 0.6 is 0 Å². The Labute approximate surface area is 163 Å². The molecule has 0 aliphatic carbocycles. The number of fused-ring (bicyclic) bond motifs is 1. The van der Waals surface area contributed by atoms with Gasteiger partial charge in [0, 0.05) is 19.9 Å². The second-order valence-electron chi connectivity index (χ2n) is 7.43. The van der Waals surface area contributed by atoms with Crippen molar-refractivity contribution in [1.29, 1.82) is 0 Å². The van der Waals surface area contributed by atoms with E-state index in [1.807, 2.05) is 13.0 Å². The highest BCUT2D eigenvalue weighted by molar-refractivity contribution is 5.92. The molecular weight excluding hydrogens is 358 g/mol. The van der Waals surface area contributed by atoms with Crippen LogP contribution in [0.15, 0.2) is 22.7 Å². The lowest BCUT2D eigenvalue weighted by atomic mass is 9.93. The summed E-state index contributed by atoms with van der Waals surface area (Å²) in [6, 6.07) is 5.16. The number of imidazole rings is 1. The third-order valence-electron chi connectivity index (χ3n) is 5.50. The zero-order valence-corrected chi connectivity index (χ0v) is 16.3. The Morgan fingerprint density at radius 2 is 2.07 bits per heavy atom. The van der Waals surface area contributed by atoms with Crippen molar-refractivity contribution in [2.24, 2.45) is 5.92 Å². The van der Waals surface area contributed by atoms with E-state index in [0.29, 0.717) is 11.8 Å². The van der Waals surface area contributed by atoms with Crippen LogP contribution < -0.4 is 0 Å². The van der Waals surface area contributed by atoms with E-state index >= 15 is 0 Å². The van der Waals surface area contributed by atoms with E-state index in [1.165, 1.54) is 0 Å². The number of hydrogen-bond donors (Lipinski definition) is 1. The molecule has 2 aromatic heterocycles. The minimum atomic E-state index is -0.923. The highest BCUT2D eigenvalue weighted by atomic mass is 16.5. The summed E-state index contributed by atoms with van der Waals surface area (Å²) in [5, 5.41) is 13.2. The van der Waals surface area contributed by atoms with Gasteiger partial charge in [-0.05, 0) is 57.0 Å². The van der Waals surface area contributed by atoms with Crippen LogP contribution in [0.25, 0.3) is 11.0 Å². The maximum atomic E-state index is 11.2. The van der Waals surface area contributed by atoms with E-state index in [2.05, 4.69) is 26.5 Å². The molecule has 0 atom stereocenters. The van der Waals surface area contributed by atoms with Crippen LogP contribution in [0.2, 0.25) is 0 Å². The summed E-state index contributed by atoms with van der Waals surface area (Å²) >= 11 is 0. The Bertz CT molecular complexity index is 985. The molecule has 148 valence electrons. The third kappa shape index (κ3) is 3.77. The van der Waals surface area contributed by atoms with Crippen molar-refractivity contribution in [2.75, 3.05) is 13.1 Å². The smallest absolute Gasteiger partial charge is 0.335 e. The lowest BCUT2D eigenvalue weighted by Crippen LogP contribution is -2.34. The summed E-state index contributed by atoms with van der Waals surface area (Å²) in [4.78, 5) is 22.7. The van der Waals surface area contributed by atoms with Crippen molar-refractivity contribution in [3.63, 3.8) is 0 Å². The summed E-state index contributed by atoms with van der Waals surface area (Å²) in [5.41, 5.74) is 2.02. The topological polar surface area (TPSA) is 97.3 Å².